The molecule has 0 unspecified atom stereocenters. The molecule has 0 aliphatic rings. The van der Waals surface area contributed by atoms with Gasteiger partial charge in [-0.15, -0.1) is 45.3 Å². The average molecular weight is 2130 g/mol. The van der Waals surface area contributed by atoms with Crippen molar-refractivity contribution in [3.63, 3.8) is 0 Å². The third-order valence-electron chi connectivity index (χ3n) is 25.3. The van der Waals surface area contributed by atoms with E-state index < -0.39 is 6.04 Å². The zero-order chi connectivity index (χ0) is 98.3. The molecule has 26 aromatic rings. The summed E-state index contributed by atoms with van der Waals surface area (Å²) in [5.74, 6) is 0. The van der Waals surface area contributed by atoms with E-state index in [2.05, 4.69) is 496 Å². The summed E-state index contributed by atoms with van der Waals surface area (Å²) in [4.78, 5) is 9.11. The van der Waals surface area contributed by atoms with Crippen LogP contribution in [0.2, 0.25) is 0 Å². The fourth-order valence-corrected chi connectivity index (χ4v) is 26.0. The maximum Gasteiger partial charge on any atom is 0.0629 e. The molecule has 0 spiro atoms. The van der Waals surface area contributed by atoms with Crippen LogP contribution in [0.3, 0.4) is 0 Å². The summed E-state index contributed by atoms with van der Waals surface area (Å²) >= 11 is 22.7. The standard InChI is InChI=1S/C36H24BrNS.C32H20BrNS.2C30H20BrNS/c37-34-24-29(23-33-31-18-10-11-19-35(31)39-36(33)34)38(27-16-8-3-9-17-27)28-20-21-30(25-12-4-1-5-13-25)32(22-28)26-14-6-2-7-15-26;33-30-20-25(19-29-28-12-6-7-13-31(28)35-32(29)30)34(23-9-2-1-3-10-23)24-16-17-27-22(18-24)15-14-21-8-4-5-11-26(21)27;31-27-20-23(19-26-25-16-8-10-18-29(25)33-30(26)27)32(22-13-5-2-6-14-22)28-17-9-7-15-24(28)21-11-3-1-4-12-21;31-28-20-25(19-27-26-13-7-8-14-29(26)33-30(27)28)32(23-11-5-2-6-12-23)24-17-15-22(16-18-24)21-9-3-1-4-10-21/h1-24H;1-20H;2*1-20H/i;;1D,3D,4D,11D,12D;. The number of para-hydroxylation sites is 5. The van der Waals surface area contributed by atoms with Gasteiger partial charge in [0.15, 0.2) is 0 Å². The molecule has 0 fully saturated rings. The van der Waals surface area contributed by atoms with Gasteiger partial charge in [-0.1, -0.05) is 346 Å². The second-order valence-electron chi connectivity index (χ2n) is 33.9. The van der Waals surface area contributed by atoms with E-state index in [9.17, 15) is 0 Å². The summed E-state index contributed by atoms with van der Waals surface area (Å²) in [5, 5.41) is 15.1. The normalized spacial score (nSPS) is 11.8. The van der Waals surface area contributed by atoms with Crippen molar-refractivity contribution in [2.75, 3.05) is 19.6 Å². The molecular formula is C128H84Br4N4S4. The van der Waals surface area contributed by atoms with Crippen molar-refractivity contribution < 1.29 is 6.85 Å². The molecule has 140 heavy (non-hydrogen) atoms. The van der Waals surface area contributed by atoms with Gasteiger partial charge in [-0.05, 0) is 288 Å². The van der Waals surface area contributed by atoms with Crippen LogP contribution < -0.4 is 19.6 Å². The average Bonchev–Trinajstić information content (AvgIpc) is 1.01. The van der Waals surface area contributed by atoms with Crippen molar-refractivity contribution in [2.45, 2.75) is 0 Å². The Morgan fingerprint density at radius 3 is 0.907 bits per heavy atom. The molecule has 4 heterocycles. The van der Waals surface area contributed by atoms with E-state index in [-0.39, 0.29) is 29.7 Å². The Morgan fingerprint density at radius 1 is 0.171 bits per heavy atom. The van der Waals surface area contributed by atoms with Gasteiger partial charge in [0.1, 0.15) is 0 Å². The summed E-state index contributed by atoms with van der Waals surface area (Å²) in [7, 11) is 0. The first-order valence-corrected chi connectivity index (χ1v) is 52.4. The minimum atomic E-state index is -0.403. The van der Waals surface area contributed by atoms with Crippen molar-refractivity contribution in [1.29, 1.82) is 0 Å². The van der Waals surface area contributed by atoms with Crippen LogP contribution in [0.5, 0.6) is 0 Å². The van der Waals surface area contributed by atoms with Crippen molar-refractivity contribution in [1.82, 2.24) is 0 Å². The molecule has 0 amide bonds. The summed E-state index contributed by atoms with van der Waals surface area (Å²) in [5.41, 5.74) is 20.7. The van der Waals surface area contributed by atoms with Crippen LogP contribution in [-0.2, 0) is 0 Å². The van der Waals surface area contributed by atoms with Gasteiger partial charge in [-0.25, -0.2) is 0 Å². The molecule has 0 atom stereocenters. The molecule has 0 saturated heterocycles. The number of benzene rings is 22. The van der Waals surface area contributed by atoms with Crippen LogP contribution in [-0.4, -0.2) is 0 Å². The van der Waals surface area contributed by atoms with Crippen molar-refractivity contribution in [3.05, 3.63) is 527 Å². The van der Waals surface area contributed by atoms with Crippen molar-refractivity contribution in [2.24, 2.45) is 0 Å². The van der Waals surface area contributed by atoms with Crippen LogP contribution in [0, 0.1) is 0 Å². The Morgan fingerprint density at radius 2 is 0.471 bits per heavy atom. The summed E-state index contributed by atoms with van der Waals surface area (Å²) in [6, 6.07) is 167. The predicted octanol–water partition coefficient (Wildman–Crippen LogP) is 42.1. The summed E-state index contributed by atoms with van der Waals surface area (Å²) < 4.78 is 56.2. The summed E-state index contributed by atoms with van der Waals surface area (Å²) in [6.45, 7) is 0. The topological polar surface area (TPSA) is 13.0 Å². The quantitative estimate of drug-likeness (QED) is 0.0894. The van der Waals surface area contributed by atoms with Crippen LogP contribution in [0.4, 0.5) is 68.2 Å². The molecule has 0 aliphatic heterocycles. The molecule has 4 nitrogen and oxygen atoms in total. The number of nitrogens with zero attached hydrogens (tertiary/aromatic N) is 4. The lowest BCUT2D eigenvalue weighted by molar-refractivity contribution is 1.29. The van der Waals surface area contributed by atoms with E-state index in [1.807, 2.05) is 101 Å². The molecule has 668 valence electrons. The van der Waals surface area contributed by atoms with Crippen LogP contribution in [0.25, 0.3) is 147 Å². The second-order valence-corrected chi connectivity index (χ2v) is 41.5. The molecule has 0 N–H and O–H groups in total. The molecule has 0 radical (unpaired) electrons. The van der Waals surface area contributed by atoms with Gasteiger partial charge < -0.3 is 19.6 Å². The van der Waals surface area contributed by atoms with Gasteiger partial charge in [-0.3, -0.25) is 0 Å². The fourth-order valence-electron chi connectivity index (χ4n) is 18.9. The number of hydrogen-bond acceptors (Lipinski definition) is 8. The van der Waals surface area contributed by atoms with E-state index in [1.165, 1.54) is 126 Å². The number of anilines is 12. The van der Waals surface area contributed by atoms with Gasteiger partial charge in [0, 0.05) is 167 Å². The predicted molar refractivity (Wildman–Crippen MR) is 624 cm³/mol. The third kappa shape index (κ3) is 18.0. The Kier molecular flexibility index (Phi) is 23.9. The zero-order valence-corrected chi connectivity index (χ0v) is 84.7. The first kappa shape index (κ1) is 83.5. The van der Waals surface area contributed by atoms with Gasteiger partial charge in [0.05, 0.1) is 12.5 Å². The van der Waals surface area contributed by atoms with Crippen LogP contribution >= 0.6 is 109 Å². The van der Waals surface area contributed by atoms with Gasteiger partial charge in [0.25, 0.3) is 0 Å². The Bertz CT molecular complexity index is 9320. The Hall–Kier alpha value is -14.6. The number of rotatable bonds is 16. The van der Waals surface area contributed by atoms with E-state index in [0.717, 1.165) is 90.5 Å². The van der Waals surface area contributed by atoms with Gasteiger partial charge in [-0.2, -0.15) is 0 Å². The van der Waals surface area contributed by atoms with Gasteiger partial charge >= 0.3 is 0 Å². The largest absolute Gasteiger partial charge is 0.310 e. The van der Waals surface area contributed by atoms with Crippen molar-refractivity contribution in [3.8, 4) is 44.5 Å². The highest BCUT2D eigenvalue weighted by Crippen LogP contribution is 2.52. The van der Waals surface area contributed by atoms with Crippen molar-refractivity contribution >= 4 is 280 Å². The van der Waals surface area contributed by atoms with E-state index in [1.54, 1.807) is 11.3 Å². The molecule has 26 rings (SSSR count). The lowest BCUT2D eigenvalue weighted by Crippen LogP contribution is -2.11. The highest BCUT2D eigenvalue weighted by molar-refractivity contribution is 9.11. The highest BCUT2D eigenvalue weighted by atomic mass is 79.9. The monoisotopic (exact) mass is 2130 g/mol. The fraction of sp³-hybridized carbons (Fsp3) is 0. The van der Waals surface area contributed by atoms with E-state index in [4.69, 9.17) is 6.85 Å². The Balaban J connectivity index is 0.000000107. The molecule has 22 aromatic carbocycles. The Labute approximate surface area is 869 Å². The maximum absolute atomic E-state index is 8.63. The smallest absolute Gasteiger partial charge is 0.0629 e. The van der Waals surface area contributed by atoms with E-state index in [0.29, 0.717) is 11.3 Å². The molecule has 0 aliphatic carbocycles. The highest BCUT2D eigenvalue weighted by Gasteiger charge is 2.26. The first-order chi connectivity index (χ1) is 71.2. The second kappa shape index (κ2) is 40.1. The number of halogens is 4. The molecule has 4 aromatic heterocycles. The lowest BCUT2D eigenvalue weighted by Gasteiger charge is -2.28. The van der Waals surface area contributed by atoms with E-state index >= 15 is 0 Å². The molecular weight excluding hydrogens is 2040 g/mol. The van der Waals surface area contributed by atoms with Gasteiger partial charge in [0.2, 0.25) is 0 Å². The lowest BCUT2D eigenvalue weighted by atomic mass is 9.93. The molecule has 0 bridgehead atoms. The maximum atomic E-state index is 8.63. The number of hydrogen-bond donors (Lipinski definition) is 0. The molecule has 12 heteroatoms. The first-order valence-electron chi connectivity index (χ1n) is 48.5. The number of fused-ring (bicyclic) bond motifs is 15. The van der Waals surface area contributed by atoms with Crippen LogP contribution in [0.1, 0.15) is 6.85 Å². The summed E-state index contributed by atoms with van der Waals surface area (Å²) in [6.07, 6.45) is 0. The third-order valence-corrected chi connectivity index (χ3v) is 33.8. The SMILES string of the molecule is Brc1cc(N(c2ccccc2)c2ccc(-c3ccccc3)c(-c3ccccc3)c2)cc2c1sc1ccccc12.Brc1cc(N(c2ccccc2)c2ccc(-c3ccccc3)cc2)cc2c1sc1ccccc12.Brc1cc(N(c2ccccc2)c2ccc3c(ccc4ccccc43)c2)cc2c1sc1ccccc12.[2H]c1c([2H])c([2H])c(-c2ccccc2N(c2ccccc2)c2cc(Br)c3sc4ccccc4c3c2)c([2H])c1[2H]. The molecule has 0 saturated carbocycles. The number of thiophene rings is 4. The zero-order valence-electron chi connectivity index (χ0n) is 80.0. The van der Waals surface area contributed by atoms with Crippen LogP contribution in [0.15, 0.2) is 527 Å². The minimum absolute atomic E-state index is 0.175. The minimum Gasteiger partial charge on any atom is -0.310 e.